The first kappa shape index (κ1) is 13.6. The lowest BCUT2D eigenvalue weighted by atomic mass is 9.98. The summed E-state index contributed by atoms with van der Waals surface area (Å²) in [6.45, 7) is 0.617. The number of alkyl halides is 3. The van der Waals surface area contributed by atoms with Crippen LogP contribution in [-0.2, 0) is 12.7 Å². The Kier molecular flexibility index (Phi) is 3.90. The van der Waals surface area contributed by atoms with E-state index in [4.69, 9.17) is 0 Å². The molecule has 0 aliphatic rings. The first-order valence-electron chi connectivity index (χ1n) is 5.92. The van der Waals surface area contributed by atoms with Crippen molar-refractivity contribution in [3.63, 3.8) is 0 Å². The summed E-state index contributed by atoms with van der Waals surface area (Å²) in [4.78, 5) is 0. The van der Waals surface area contributed by atoms with E-state index in [1.807, 2.05) is 31.3 Å². The fourth-order valence-electron chi connectivity index (χ4n) is 2.01. The van der Waals surface area contributed by atoms with Gasteiger partial charge in [-0.1, -0.05) is 36.4 Å². The molecule has 0 fully saturated rings. The Hall–Kier alpha value is -1.81. The third-order valence-electron chi connectivity index (χ3n) is 2.89. The number of benzene rings is 2. The van der Waals surface area contributed by atoms with Gasteiger partial charge in [-0.25, -0.2) is 0 Å². The van der Waals surface area contributed by atoms with Gasteiger partial charge in [0.2, 0.25) is 0 Å². The summed E-state index contributed by atoms with van der Waals surface area (Å²) < 4.78 is 38.2. The van der Waals surface area contributed by atoms with E-state index in [0.717, 1.165) is 17.2 Å². The van der Waals surface area contributed by atoms with Crippen LogP contribution in [-0.4, -0.2) is 7.05 Å². The lowest BCUT2D eigenvalue weighted by Crippen LogP contribution is -2.07. The smallest absolute Gasteiger partial charge is 0.316 e. The lowest BCUT2D eigenvalue weighted by molar-refractivity contribution is -0.137. The second kappa shape index (κ2) is 5.45. The van der Waals surface area contributed by atoms with E-state index in [1.54, 1.807) is 6.07 Å². The van der Waals surface area contributed by atoms with Gasteiger partial charge in [0.15, 0.2) is 0 Å². The minimum Gasteiger partial charge on any atom is -0.316 e. The van der Waals surface area contributed by atoms with Crippen molar-refractivity contribution in [2.45, 2.75) is 12.7 Å². The zero-order chi connectivity index (χ0) is 13.9. The van der Waals surface area contributed by atoms with Gasteiger partial charge in [0.1, 0.15) is 0 Å². The van der Waals surface area contributed by atoms with E-state index in [-0.39, 0.29) is 0 Å². The maximum atomic E-state index is 12.7. The maximum absolute atomic E-state index is 12.7. The predicted molar refractivity (Wildman–Crippen MR) is 69.6 cm³/mol. The Balaban J connectivity index is 2.48. The molecule has 0 bridgehead atoms. The first-order valence-corrected chi connectivity index (χ1v) is 5.92. The minimum atomic E-state index is -4.31. The second-order valence-electron chi connectivity index (χ2n) is 4.27. The summed E-state index contributed by atoms with van der Waals surface area (Å²) in [6.07, 6.45) is -4.31. The Morgan fingerprint density at radius 3 is 2.42 bits per heavy atom. The third-order valence-corrected chi connectivity index (χ3v) is 2.89. The van der Waals surface area contributed by atoms with Crippen molar-refractivity contribution in [2.24, 2.45) is 0 Å². The largest absolute Gasteiger partial charge is 0.416 e. The Morgan fingerprint density at radius 2 is 1.74 bits per heavy atom. The van der Waals surface area contributed by atoms with Crippen LogP contribution in [0.15, 0.2) is 48.5 Å². The normalized spacial score (nSPS) is 11.6. The summed E-state index contributed by atoms with van der Waals surface area (Å²) in [5.41, 5.74) is 1.76. The molecule has 100 valence electrons. The molecule has 2 rings (SSSR count). The zero-order valence-corrected chi connectivity index (χ0v) is 10.5. The molecular weight excluding hydrogens is 251 g/mol. The van der Waals surface area contributed by atoms with Gasteiger partial charge >= 0.3 is 6.18 Å². The van der Waals surface area contributed by atoms with Crippen LogP contribution in [0.5, 0.6) is 0 Å². The highest BCUT2D eigenvalue weighted by Crippen LogP contribution is 2.33. The highest BCUT2D eigenvalue weighted by Gasteiger charge is 2.30. The van der Waals surface area contributed by atoms with Crippen LogP contribution in [0.4, 0.5) is 13.2 Å². The van der Waals surface area contributed by atoms with Crippen LogP contribution in [0.3, 0.4) is 0 Å². The quantitative estimate of drug-likeness (QED) is 0.881. The van der Waals surface area contributed by atoms with Gasteiger partial charge in [0, 0.05) is 6.54 Å². The molecule has 1 nitrogen and oxygen atoms in total. The van der Waals surface area contributed by atoms with Crippen molar-refractivity contribution >= 4 is 0 Å². The zero-order valence-electron chi connectivity index (χ0n) is 10.5. The molecule has 19 heavy (non-hydrogen) atoms. The highest BCUT2D eigenvalue weighted by molar-refractivity contribution is 5.68. The van der Waals surface area contributed by atoms with E-state index in [0.29, 0.717) is 12.1 Å². The number of hydrogen-bond acceptors (Lipinski definition) is 1. The van der Waals surface area contributed by atoms with Crippen LogP contribution < -0.4 is 5.32 Å². The number of nitrogens with one attached hydrogen (secondary N) is 1. The van der Waals surface area contributed by atoms with Gasteiger partial charge in [0.05, 0.1) is 5.56 Å². The standard InChI is InChI=1S/C15H14F3N/c1-19-10-12-5-2-3-8-14(12)11-6-4-7-13(9-11)15(16,17)18/h2-9,19H,10H2,1H3. The fourth-order valence-corrected chi connectivity index (χ4v) is 2.01. The molecule has 0 aliphatic heterocycles. The molecule has 4 heteroatoms. The van der Waals surface area contributed by atoms with Crippen LogP contribution >= 0.6 is 0 Å². The highest BCUT2D eigenvalue weighted by atomic mass is 19.4. The van der Waals surface area contributed by atoms with Crippen molar-refractivity contribution < 1.29 is 13.2 Å². The molecule has 0 atom stereocenters. The van der Waals surface area contributed by atoms with Gasteiger partial charge in [-0.15, -0.1) is 0 Å². The monoisotopic (exact) mass is 265 g/mol. The van der Waals surface area contributed by atoms with E-state index in [9.17, 15) is 13.2 Å². The molecule has 2 aromatic rings. The predicted octanol–water partition coefficient (Wildman–Crippen LogP) is 4.09. The van der Waals surface area contributed by atoms with Crippen LogP contribution in [0.2, 0.25) is 0 Å². The second-order valence-corrected chi connectivity index (χ2v) is 4.27. The number of rotatable bonds is 3. The first-order chi connectivity index (χ1) is 9.02. The van der Waals surface area contributed by atoms with Crippen LogP contribution in [0.1, 0.15) is 11.1 Å². The van der Waals surface area contributed by atoms with Crippen LogP contribution in [0.25, 0.3) is 11.1 Å². The van der Waals surface area contributed by atoms with Crippen molar-refractivity contribution in [3.05, 3.63) is 59.7 Å². The van der Waals surface area contributed by atoms with Crippen molar-refractivity contribution in [2.75, 3.05) is 7.05 Å². The summed E-state index contributed by atoms with van der Waals surface area (Å²) in [5, 5.41) is 3.02. The molecular formula is C15H14F3N. The van der Waals surface area contributed by atoms with Gasteiger partial charge in [-0.05, 0) is 35.9 Å². The SMILES string of the molecule is CNCc1ccccc1-c1cccc(C(F)(F)F)c1. The Morgan fingerprint density at radius 1 is 1.00 bits per heavy atom. The maximum Gasteiger partial charge on any atom is 0.416 e. The average Bonchev–Trinajstić information content (AvgIpc) is 2.39. The summed E-state index contributed by atoms with van der Waals surface area (Å²) in [7, 11) is 1.81. The topological polar surface area (TPSA) is 12.0 Å². The summed E-state index contributed by atoms with van der Waals surface area (Å²) >= 11 is 0. The summed E-state index contributed by atoms with van der Waals surface area (Å²) in [5.74, 6) is 0. The number of halogens is 3. The van der Waals surface area contributed by atoms with Crippen molar-refractivity contribution in [3.8, 4) is 11.1 Å². The molecule has 0 radical (unpaired) electrons. The van der Waals surface area contributed by atoms with Gasteiger partial charge in [-0.2, -0.15) is 13.2 Å². The van der Waals surface area contributed by atoms with E-state index in [2.05, 4.69) is 5.32 Å². The van der Waals surface area contributed by atoms with E-state index >= 15 is 0 Å². The van der Waals surface area contributed by atoms with E-state index < -0.39 is 11.7 Å². The molecule has 0 saturated heterocycles. The minimum absolute atomic E-state index is 0.584. The summed E-state index contributed by atoms with van der Waals surface area (Å²) in [6, 6.07) is 12.9. The molecule has 0 spiro atoms. The molecule has 0 aromatic heterocycles. The van der Waals surface area contributed by atoms with Gasteiger partial charge < -0.3 is 5.32 Å². The van der Waals surface area contributed by atoms with E-state index in [1.165, 1.54) is 12.1 Å². The van der Waals surface area contributed by atoms with Crippen molar-refractivity contribution in [1.82, 2.24) is 5.32 Å². The average molecular weight is 265 g/mol. The fraction of sp³-hybridized carbons (Fsp3) is 0.200. The molecule has 1 N–H and O–H groups in total. The Labute approximate surface area is 110 Å². The molecule has 0 aliphatic carbocycles. The molecule has 2 aromatic carbocycles. The molecule has 0 saturated carbocycles. The molecule has 0 amide bonds. The molecule has 0 unspecified atom stereocenters. The third kappa shape index (κ3) is 3.15. The van der Waals surface area contributed by atoms with Gasteiger partial charge in [-0.3, -0.25) is 0 Å². The molecule has 0 heterocycles. The Bertz CT molecular complexity index is 561. The van der Waals surface area contributed by atoms with Crippen LogP contribution in [0, 0.1) is 0 Å². The number of hydrogen-bond donors (Lipinski definition) is 1. The van der Waals surface area contributed by atoms with Gasteiger partial charge in [0.25, 0.3) is 0 Å². The lowest BCUT2D eigenvalue weighted by Gasteiger charge is -2.12. The van der Waals surface area contributed by atoms with Crippen molar-refractivity contribution in [1.29, 1.82) is 0 Å².